The molecule has 0 atom stereocenters. The summed E-state index contributed by atoms with van der Waals surface area (Å²) in [5, 5.41) is 0. The fourth-order valence-corrected chi connectivity index (χ4v) is 6.65. The van der Waals surface area contributed by atoms with Crippen LogP contribution in [0.1, 0.15) is 124 Å². The van der Waals surface area contributed by atoms with Crippen LogP contribution in [0.15, 0.2) is 68.5 Å². The first-order valence-electron chi connectivity index (χ1n) is 18.3. The van der Waals surface area contributed by atoms with Gasteiger partial charge in [0.1, 0.15) is 34.8 Å². The summed E-state index contributed by atoms with van der Waals surface area (Å²) in [4.78, 5) is 19.5. The summed E-state index contributed by atoms with van der Waals surface area (Å²) in [6, 6.07) is 22.6. The van der Waals surface area contributed by atoms with E-state index in [9.17, 15) is 0 Å². The normalized spacial score (nSPS) is 16.5. The molecule has 0 N–H and O–H groups in total. The predicted molar refractivity (Wildman–Crippen MR) is 210 cm³/mol. The molecule has 4 aromatic rings. The summed E-state index contributed by atoms with van der Waals surface area (Å²) >= 11 is 0. The van der Waals surface area contributed by atoms with Gasteiger partial charge in [0.2, 0.25) is 0 Å². The Morgan fingerprint density at radius 3 is 0.788 bits per heavy atom. The quantitative estimate of drug-likeness (QED) is 0.212. The van der Waals surface area contributed by atoms with Crippen LogP contribution in [-0.4, -0.2) is 24.6 Å². The van der Waals surface area contributed by atoms with Crippen molar-refractivity contribution in [3.05, 3.63) is 93.0 Å². The van der Waals surface area contributed by atoms with Crippen LogP contribution in [0.4, 0.5) is 22.7 Å². The van der Waals surface area contributed by atoms with Gasteiger partial charge in [-0.1, -0.05) is 104 Å². The average Bonchev–Trinajstić information content (AvgIpc) is 3.12. The number of rotatable bonds is 4. The second-order valence-corrected chi connectivity index (χ2v) is 15.1. The molecule has 0 spiro atoms. The van der Waals surface area contributed by atoms with Crippen molar-refractivity contribution in [3.8, 4) is 23.0 Å². The first-order valence-corrected chi connectivity index (χ1v) is 18.3. The molecule has 2 heterocycles. The lowest BCUT2D eigenvalue weighted by molar-refractivity contribution is -0.154. The van der Waals surface area contributed by atoms with E-state index in [0.29, 0.717) is 45.7 Å². The maximum absolute atomic E-state index is 7.06. The highest BCUT2D eigenvalue weighted by Gasteiger charge is 2.37. The minimum atomic E-state index is -1.16. The van der Waals surface area contributed by atoms with Gasteiger partial charge >= 0.3 is 12.6 Å². The lowest BCUT2D eigenvalue weighted by Crippen LogP contribution is -2.45. The lowest BCUT2D eigenvalue weighted by Gasteiger charge is -2.32. The Morgan fingerprint density at radius 1 is 0.385 bits per heavy atom. The molecule has 0 saturated carbocycles. The third kappa shape index (κ3) is 7.01. The van der Waals surface area contributed by atoms with Gasteiger partial charge in [0, 0.05) is 0 Å². The number of fused-ring (bicyclic) bond motifs is 5. The van der Waals surface area contributed by atoms with Gasteiger partial charge in [0.25, 0.3) is 0 Å². The summed E-state index contributed by atoms with van der Waals surface area (Å²) in [6.45, 7) is 25.0. The molecule has 6 rings (SSSR count). The van der Waals surface area contributed by atoms with Crippen molar-refractivity contribution in [1.29, 1.82) is 0 Å². The van der Waals surface area contributed by atoms with Crippen molar-refractivity contribution in [2.45, 2.75) is 119 Å². The first kappa shape index (κ1) is 36.6. The maximum Gasteiger partial charge on any atom is 0.316 e. The molecule has 0 unspecified atom stereocenters. The maximum atomic E-state index is 7.06. The van der Waals surface area contributed by atoms with E-state index in [1.54, 1.807) is 0 Å². The SMILES string of the molecule is Cc1ccc(C(C)C)c2c1OC1Oc3c(C)ccc(C(C)C)c3N=C=Nc3c(C(C)C)ccc(C)c3OC1Oc1c(C)ccc(C(C)C)c1N=C=N2. The molecule has 52 heavy (non-hydrogen) atoms. The third-order valence-corrected chi connectivity index (χ3v) is 9.73. The average molecular weight is 699 g/mol. The largest absolute Gasteiger partial charge is 0.445 e. The summed E-state index contributed by atoms with van der Waals surface area (Å²) in [6.07, 6.45) is -2.32. The minimum absolute atomic E-state index is 0.137. The van der Waals surface area contributed by atoms with E-state index >= 15 is 0 Å². The Labute approximate surface area is 308 Å². The minimum Gasteiger partial charge on any atom is -0.445 e. The van der Waals surface area contributed by atoms with Gasteiger partial charge in [-0.2, -0.15) is 20.0 Å². The second-order valence-electron chi connectivity index (χ2n) is 15.1. The third-order valence-electron chi connectivity index (χ3n) is 9.73. The van der Waals surface area contributed by atoms with Gasteiger partial charge in [-0.15, -0.1) is 0 Å². The van der Waals surface area contributed by atoms with Crippen molar-refractivity contribution in [1.82, 2.24) is 0 Å². The molecule has 0 amide bonds. The van der Waals surface area contributed by atoms with E-state index in [4.69, 9.17) is 38.9 Å². The molecule has 0 bridgehead atoms. The number of nitrogens with zero attached hydrogens (tertiary/aromatic N) is 4. The number of benzene rings is 4. The predicted octanol–water partition coefficient (Wildman–Crippen LogP) is 12.6. The van der Waals surface area contributed by atoms with Gasteiger partial charge in [0.15, 0.2) is 23.0 Å². The summed E-state index contributed by atoms with van der Waals surface area (Å²) in [5.41, 5.74) is 9.95. The Hall–Kier alpha value is -5.16. The topological polar surface area (TPSA) is 86.4 Å². The molecule has 0 saturated heterocycles. The molecule has 2 aliphatic rings. The van der Waals surface area contributed by atoms with Gasteiger partial charge in [-0.05, 0) is 95.9 Å². The highest BCUT2D eigenvalue weighted by Crippen LogP contribution is 2.47. The highest BCUT2D eigenvalue weighted by molar-refractivity contribution is 5.73. The molecular formula is C44H50N4O4. The zero-order valence-corrected chi connectivity index (χ0v) is 32.5. The van der Waals surface area contributed by atoms with Crippen molar-refractivity contribution in [3.63, 3.8) is 0 Å². The van der Waals surface area contributed by atoms with E-state index in [0.717, 1.165) is 44.5 Å². The molecule has 4 aromatic carbocycles. The van der Waals surface area contributed by atoms with E-state index < -0.39 is 12.6 Å². The van der Waals surface area contributed by atoms with Gasteiger partial charge < -0.3 is 18.9 Å². The van der Waals surface area contributed by atoms with Crippen molar-refractivity contribution < 1.29 is 18.9 Å². The van der Waals surface area contributed by atoms with Crippen LogP contribution in [0.25, 0.3) is 0 Å². The van der Waals surface area contributed by atoms with E-state index in [1.807, 2.05) is 52.0 Å². The summed E-state index contributed by atoms with van der Waals surface area (Å²) < 4.78 is 28.3. The number of aryl methyl sites for hydroxylation is 4. The van der Waals surface area contributed by atoms with Crippen molar-refractivity contribution in [2.24, 2.45) is 20.0 Å². The van der Waals surface area contributed by atoms with Crippen LogP contribution in [0.5, 0.6) is 23.0 Å². The second kappa shape index (κ2) is 14.8. The molecule has 0 fully saturated rings. The Kier molecular flexibility index (Phi) is 10.4. The number of aliphatic imine (C=N–C) groups is 4. The molecule has 8 nitrogen and oxygen atoms in total. The molecule has 0 aromatic heterocycles. The van der Waals surface area contributed by atoms with Crippen molar-refractivity contribution >= 4 is 34.8 Å². The molecule has 0 radical (unpaired) electrons. The summed E-state index contributed by atoms with van der Waals surface area (Å²) in [5.74, 6) is 2.68. The fraction of sp³-hybridized carbons (Fsp3) is 0.409. The number of ether oxygens (including phenoxy) is 4. The molecular weight excluding hydrogens is 649 g/mol. The number of hydrogen-bond donors (Lipinski definition) is 0. The smallest absolute Gasteiger partial charge is 0.316 e. The molecule has 2 aliphatic heterocycles. The van der Waals surface area contributed by atoms with Gasteiger partial charge in [-0.25, -0.2) is 0 Å². The van der Waals surface area contributed by atoms with Crippen LogP contribution < -0.4 is 18.9 Å². The first-order chi connectivity index (χ1) is 24.8. The monoisotopic (exact) mass is 698 g/mol. The molecule has 270 valence electrons. The van der Waals surface area contributed by atoms with Crippen LogP contribution >= 0.6 is 0 Å². The van der Waals surface area contributed by atoms with Crippen LogP contribution in [-0.2, 0) is 0 Å². The highest BCUT2D eigenvalue weighted by atomic mass is 16.8. The lowest BCUT2D eigenvalue weighted by atomic mass is 9.98. The van der Waals surface area contributed by atoms with Gasteiger partial charge in [-0.3, -0.25) is 0 Å². The number of hydrogen-bond acceptors (Lipinski definition) is 8. The molecule has 8 heteroatoms. The van der Waals surface area contributed by atoms with E-state index in [1.165, 1.54) is 0 Å². The Balaban J connectivity index is 1.74. The van der Waals surface area contributed by atoms with Crippen LogP contribution in [0, 0.1) is 27.7 Å². The van der Waals surface area contributed by atoms with E-state index in [-0.39, 0.29) is 23.7 Å². The fourth-order valence-electron chi connectivity index (χ4n) is 6.65. The molecule has 0 aliphatic carbocycles. The Bertz CT molecular complexity index is 1850. The standard InChI is InChI=1S/C44H50N4O4/c1-23(2)31-17-13-27(9)39-35(31)45-21-46-36-32(24(3)4)18-14-28(10)40(36)51-44-43(49-39)50-41-29(11)15-19-33(25(5)6)37(41)47-22-48-38-34(26(7)8)20-16-30(12)42(38)52-44/h13-20,23-26,43-44H,1-12H3. The van der Waals surface area contributed by atoms with Crippen LogP contribution in [0.3, 0.4) is 0 Å². The zero-order valence-electron chi connectivity index (χ0n) is 32.5. The summed E-state index contributed by atoms with van der Waals surface area (Å²) in [7, 11) is 0. The van der Waals surface area contributed by atoms with E-state index in [2.05, 4.69) is 91.7 Å². The van der Waals surface area contributed by atoms with Crippen LogP contribution in [0.2, 0.25) is 0 Å². The van der Waals surface area contributed by atoms with Gasteiger partial charge in [0.05, 0.1) is 0 Å². The van der Waals surface area contributed by atoms with Crippen molar-refractivity contribution in [2.75, 3.05) is 0 Å². The zero-order chi connectivity index (χ0) is 37.4. The Morgan fingerprint density at radius 2 is 0.596 bits per heavy atom.